The number of anilines is 1. The maximum atomic E-state index is 9.57. The molecule has 2 heterocycles. The number of aromatic nitrogens is 2. The average molecular weight is 217 g/mol. The monoisotopic (exact) mass is 217 g/mol. The fourth-order valence-electron chi connectivity index (χ4n) is 2.36. The van der Waals surface area contributed by atoms with Crippen molar-refractivity contribution in [2.24, 2.45) is 7.05 Å². The van der Waals surface area contributed by atoms with E-state index in [0.29, 0.717) is 0 Å². The maximum Gasteiger partial charge on any atom is 0.112 e. The molecule has 0 saturated carbocycles. The first kappa shape index (κ1) is 9.66. The molecule has 1 aliphatic heterocycles. The predicted octanol–water partition coefficient (Wildman–Crippen LogP) is 1.14. The molecule has 1 aromatic carbocycles. The third kappa shape index (κ3) is 1.38. The Labute approximate surface area is 94.1 Å². The van der Waals surface area contributed by atoms with E-state index in [4.69, 9.17) is 0 Å². The van der Waals surface area contributed by atoms with Gasteiger partial charge >= 0.3 is 0 Å². The smallest absolute Gasteiger partial charge is 0.112 e. The minimum atomic E-state index is -0.195. The van der Waals surface area contributed by atoms with Crippen LogP contribution in [-0.4, -0.2) is 33.9 Å². The van der Waals surface area contributed by atoms with E-state index in [2.05, 4.69) is 22.0 Å². The van der Waals surface area contributed by atoms with Crippen molar-refractivity contribution in [2.45, 2.75) is 12.5 Å². The summed E-state index contributed by atoms with van der Waals surface area (Å²) in [5.74, 6) is 0. The van der Waals surface area contributed by atoms with E-state index in [1.807, 2.05) is 24.0 Å². The van der Waals surface area contributed by atoms with Gasteiger partial charge in [-0.1, -0.05) is 6.07 Å². The molecule has 3 rings (SSSR count). The van der Waals surface area contributed by atoms with Gasteiger partial charge in [-0.3, -0.25) is 0 Å². The Morgan fingerprint density at radius 2 is 2.31 bits per heavy atom. The van der Waals surface area contributed by atoms with Crippen molar-refractivity contribution < 1.29 is 5.11 Å². The first-order valence-electron chi connectivity index (χ1n) is 5.59. The van der Waals surface area contributed by atoms with E-state index in [9.17, 15) is 5.11 Å². The van der Waals surface area contributed by atoms with Crippen LogP contribution in [0.5, 0.6) is 0 Å². The second-order valence-electron chi connectivity index (χ2n) is 4.39. The molecule has 4 nitrogen and oxygen atoms in total. The zero-order valence-electron chi connectivity index (χ0n) is 9.30. The molecular weight excluding hydrogens is 202 g/mol. The summed E-state index contributed by atoms with van der Waals surface area (Å²) < 4.78 is 2.02. The normalized spacial score (nSPS) is 20.9. The number of nitrogens with zero attached hydrogens (tertiary/aromatic N) is 3. The lowest BCUT2D eigenvalue weighted by Crippen LogP contribution is -2.21. The van der Waals surface area contributed by atoms with Crippen LogP contribution in [0.2, 0.25) is 0 Å². The highest BCUT2D eigenvalue weighted by Crippen LogP contribution is 2.27. The highest BCUT2D eigenvalue weighted by Gasteiger charge is 2.22. The Hall–Kier alpha value is -1.55. The van der Waals surface area contributed by atoms with E-state index in [1.165, 1.54) is 0 Å². The van der Waals surface area contributed by atoms with E-state index < -0.39 is 0 Å². The highest BCUT2D eigenvalue weighted by atomic mass is 16.3. The number of β-amino-alcohol motifs (C(OH)–C–C–N with tert-alkyl or cyclic N) is 1. The summed E-state index contributed by atoms with van der Waals surface area (Å²) in [6.07, 6.45) is 2.49. The maximum absolute atomic E-state index is 9.57. The van der Waals surface area contributed by atoms with E-state index >= 15 is 0 Å². The molecule has 0 unspecified atom stereocenters. The van der Waals surface area contributed by atoms with Gasteiger partial charge in [0, 0.05) is 20.1 Å². The summed E-state index contributed by atoms with van der Waals surface area (Å²) in [6.45, 7) is 1.63. The Morgan fingerprint density at radius 1 is 1.44 bits per heavy atom. The van der Waals surface area contributed by atoms with Gasteiger partial charge in [0.2, 0.25) is 0 Å². The summed E-state index contributed by atoms with van der Waals surface area (Å²) >= 11 is 0. The summed E-state index contributed by atoms with van der Waals surface area (Å²) in [6, 6.07) is 6.19. The van der Waals surface area contributed by atoms with Gasteiger partial charge in [0.15, 0.2) is 0 Å². The largest absolute Gasteiger partial charge is 0.391 e. The average Bonchev–Trinajstić information content (AvgIpc) is 2.86. The second kappa shape index (κ2) is 3.49. The molecular formula is C12H15N3O. The summed E-state index contributed by atoms with van der Waals surface area (Å²) in [5, 5.41) is 9.57. The number of fused-ring (bicyclic) bond motifs is 1. The lowest BCUT2D eigenvalue weighted by atomic mass is 10.2. The lowest BCUT2D eigenvalue weighted by molar-refractivity contribution is 0.198. The molecule has 0 aliphatic carbocycles. The molecule has 4 heteroatoms. The number of aryl methyl sites for hydroxylation is 1. The summed E-state index contributed by atoms with van der Waals surface area (Å²) in [7, 11) is 2.00. The number of hydrogen-bond acceptors (Lipinski definition) is 3. The first-order chi connectivity index (χ1) is 7.75. The third-order valence-corrected chi connectivity index (χ3v) is 3.24. The number of hydrogen-bond donors (Lipinski definition) is 1. The van der Waals surface area contributed by atoms with E-state index in [-0.39, 0.29) is 6.10 Å². The Kier molecular flexibility index (Phi) is 2.11. The van der Waals surface area contributed by atoms with Crippen LogP contribution in [-0.2, 0) is 7.05 Å². The topological polar surface area (TPSA) is 41.3 Å². The van der Waals surface area contributed by atoms with Gasteiger partial charge in [-0.05, 0) is 18.6 Å². The van der Waals surface area contributed by atoms with Crippen molar-refractivity contribution in [1.82, 2.24) is 9.55 Å². The SMILES string of the molecule is Cn1cnc2c(N3CC[C@H](O)C3)cccc21. The lowest BCUT2D eigenvalue weighted by Gasteiger charge is -2.18. The van der Waals surface area contributed by atoms with Crippen LogP contribution in [0.25, 0.3) is 11.0 Å². The zero-order valence-corrected chi connectivity index (χ0v) is 9.30. The Morgan fingerprint density at radius 3 is 3.06 bits per heavy atom. The van der Waals surface area contributed by atoms with Crippen molar-refractivity contribution in [3.63, 3.8) is 0 Å². The van der Waals surface area contributed by atoms with Gasteiger partial charge in [-0.25, -0.2) is 4.98 Å². The van der Waals surface area contributed by atoms with Crippen molar-refractivity contribution >= 4 is 16.7 Å². The van der Waals surface area contributed by atoms with Crippen LogP contribution < -0.4 is 4.90 Å². The Balaban J connectivity index is 2.09. The number of aliphatic hydroxyl groups is 1. The quantitative estimate of drug-likeness (QED) is 0.779. The molecule has 2 aromatic rings. The van der Waals surface area contributed by atoms with Crippen molar-refractivity contribution in [1.29, 1.82) is 0 Å². The van der Waals surface area contributed by atoms with Crippen LogP contribution in [0.15, 0.2) is 24.5 Å². The molecule has 1 N–H and O–H groups in total. The standard InChI is InChI=1S/C12H15N3O/c1-14-8-13-12-10(14)3-2-4-11(12)15-6-5-9(16)7-15/h2-4,8-9,16H,5-7H2,1H3/t9-/m0/s1. The second-order valence-corrected chi connectivity index (χ2v) is 4.39. The predicted molar refractivity (Wildman–Crippen MR) is 63.6 cm³/mol. The van der Waals surface area contributed by atoms with Crippen molar-refractivity contribution in [3.05, 3.63) is 24.5 Å². The van der Waals surface area contributed by atoms with Crippen LogP contribution in [0.4, 0.5) is 5.69 Å². The van der Waals surface area contributed by atoms with Crippen LogP contribution >= 0.6 is 0 Å². The fourth-order valence-corrected chi connectivity index (χ4v) is 2.36. The molecule has 0 bridgehead atoms. The van der Waals surface area contributed by atoms with Gasteiger partial charge in [0.05, 0.1) is 23.6 Å². The molecule has 1 aromatic heterocycles. The van der Waals surface area contributed by atoms with Crippen molar-refractivity contribution in [2.75, 3.05) is 18.0 Å². The summed E-state index contributed by atoms with van der Waals surface area (Å²) in [5.41, 5.74) is 3.30. The minimum absolute atomic E-state index is 0.195. The summed E-state index contributed by atoms with van der Waals surface area (Å²) in [4.78, 5) is 6.64. The molecule has 1 saturated heterocycles. The molecule has 1 atom stereocenters. The molecule has 16 heavy (non-hydrogen) atoms. The van der Waals surface area contributed by atoms with Gasteiger partial charge in [0.1, 0.15) is 5.52 Å². The van der Waals surface area contributed by atoms with Crippen LogP contribution in [0.1, 0.15) is 6.42 Å². The zero-order chi connectivity index (χ0) is 11.1. The third-order valence-electron chi connectivity index (χ3n) is 3.24. The van der Waals surface area contributed by atoms with Crippen LogP contribution in [0.3, 0.4) is 0 Å². The molecule has 0 spiro atoms. The number of para-hydroxylation sites is 1. The van der Waals surface area contributed by atoms with E-state index in [0.717, 1.165) is 36.2 Å². The van der Waals surface area contributed by atoms with Gasteiger partial charge in [-0.2, -0.15) is 0 Å². The van der Waals surface area contributed by atoms with E-state index in [1.54, 1.807) is 0 Å². The number of rotatable bonds is 1. The molecule has 0 radical (unpaired) electrons. The Bertz CT molecular complexity index is 520. The fraction of sp³-hybridized carbons (Fsp3) is 0.417. The number of benzene rings is 1. The number of aliphatic hydroxyl groups excluding tert-OH is 1. The molecule has 1 fully saturated rings. The molecule has 84 valence electrons. The number of imidazole rings is 1. The van der Waals surface area contributed by atoms with Crippen LogP contribution in [0, 0.1) is 0 Å². The first-order valence-corrected chi connectivity index (χ1v) is 5.59. The molecule has 0 amide bonds. The van der Waals surface area contributed by atoms with Gasteiger partial charge < -0.3 is 14.6 Å². The van der Waals surface area contributed by atoms with Gasteiger partial charge in [0.25, 0.3) is 0 Å². The minimum Gasteiger partial charge on any atom is -0.391 e. The van der Waals surface area contributed by atoms with Crippen molar-refractivity contribution in [3.8, 4) is 0 Å². The molecule has 1 aliphatic rings. The van der Waals surface area contributed by atoms with Gasteiger partial charge in [-0.15, -0.1) is 0 Å². The highest BCUT2D eigenvalue weighted by molar-refractivity contribution is 5.89.